The highest BCUT2D eigenvalue weighted by molar-refractivity contribution is 5.68. The number of carbonyl (C=O) groups excluding carboxylic acids is 1. The second kappa shape index (κ2) is 7.83. The third-order valence-corrected chi connectivity index (χ3v) is 4.04. The molecule has 3 rings (SSSR count). The maximum absolute atomic E-state index is 11.8. The molecule has 2 aromatic rings. The molecule has 1 saturated heterocycles. The number of piperazine rings is 1. The fourth-order valence-corrected chi connectivity index (χ4v) is 2.77. The minimum absolute atomic E-state index is 0.244. The van der Waals surface area contributed by atoms with Gasteiger partial charge in [0.2, 0.25) is 5.95 Å². The van der Waals surface area contributed by atoms with Gasteiger partial charge in [-0.3, -0.25) is 0 Å². The van der Waals surface area contributed by atoms with Gasteiger partial charge in [0, 0.05) is 38.1 Å². The molecule has 1 amide bonds. The lowest BCUT2D eigenvalue weighted by molar-refractivity contribution is 0.105. The normalized spacial score (nSPS) is 14.3. The lowest BCUT2D eigenvalue weighted by Gasteiger charge is -2.34. The summed E-state index contributed by atoms with van der Waals surface area (Å²) in [7, 11) is 0. The van der Waals surface area contributed by atoms with E-state index in [1.54, 1.807) is 11.1 Å². The van der Waals surface area contributed by atoms with Gasteiger partial charge >= 0.3 is 6.09 Å². The summed E-state index contributed by atoms with van der Waals surface area (Å²) in [6.07, 6.45) is 1.50. The largest absolute Gasteiger partial charge is 0.450 e. The maximum atomic E-state index is 11.8. The van der Waals surface area contributed by atoms with Crippen LogP contribution in [-0.2, 0) is 4.74 Å². The number of hydrogen-bond acceptors (Lipinski definition) is 6. The van der Waals surface area contributed by atoms with E-state index in [0.29, 0.717) is 25.6 Å². The van der Waals surface area contributed by atoms with Crippen LogP contribution in [0.2, 0.25) is 0 Å². The average Bonchev–Trinajstić information content (AvgIpc) is 2.62. The predicted molar refractivity (Wildman–Crippen MR) is 97.3 cm³/mol. The van der Waals surface area contributed by atoms with Gasteiger partial charge in [0.05, 0.1) is 6.61 Å². The van der Waals surface area contributed by atoms with Crippen molar-refractivity contribution >= 4 is 23.5 Å². The molecule has 7 nitrogen and oxygen atoms in total. The topological polar surface area (TPSA) is 70.6 Å². The van der Waals surface area contributed by atoms with E-state index >= 15 is 0 Å². The first-order valence-electron chi connectivity index (χ1n) is 8.49. The van der Waals surface area contributed by atoms with Gasteiger partial charge in [-0.15, -0.1) is 0 Å². The number of hydrogen-bond donors (Lipinski definition) is 1. The van der Waals surface area contributed by atoms with E-state index in [4.69, 9.17) is 4.74 Å². The molecule has 1 fully saturated rings. The number of nitrogens with zero attached hydrogens (tertiary/aromatic N) is 4. The number of nitrogens with one attached hydrogen (secondary N) is 1. The third kappa shape index (κ3) is 4.37. The molecule has 25 heavy (non-hydrogen) atoms. The van der Waals surface area contributed by atoms with Gasteiger partial charge in [0.15, 0.2) is 0 Å². The van der Waals surface area contributed by atoms with Crippen LogP contribution >= 0.6 is 0 Å². The summed E-state index contributed by atoms with van der Waals surface area (Å²) in [6.45, 7) is 6.97. The van der Waals surface area contributed by atoms with Gasteiger partial charge in [0.25, 0.3) is 0 Å². The SMILES string of the molecule is CCOC(=O)N1CCN(c2ccnc(Nc3cccc(C)c3)n2)CC1. The number of amides is 1. The predicted octanol–water partition coefficient (Wildman–Crippen LogP) is 2.81. The van der Waals surface area contributed by atoms with E-state index in [2.05, 4.69) is 20.2 Å². The van der Waals surface area contributed by atoms with Crippen molar-refractivity contribution in [2.24, 2.45) is 0 Å². The number of ether oxygens (including phenoxy) is 1. The Labute approximate surface area is 147 Å². The summed E-state index contributed by atoms with van der Waals surface area (Å²) in [5.74, 6) is 1.42. The monoisotopic (exact) mass is 341 g/mol. The van der Waals surface area contributed by atoms with Gasteiger partial charge in [-0.2, -0.15) is 4.98 Å². The molecule has 2 heterocycles. The van der Waals surface area contributed by atoms with Gasteiger partial charge in [-0.1, -0.05) is 12.1 Å². The molecule has 7 heteroatoms. The standard InChI is InChI=1S/C18H23N5O2/c1-3-25-18(24)23-11-9-22(10-12-23)16-7-8-19-17(21-16)20-15-6-4-5-14(2)13-15/h4-8,13H,3,9-12H2,1-2H3,(H,19,20,21). The lowest BCUT2D eigenvalue weighted by atomic mass is 10.2. The van der Waals surface area contributed by atoms with E-state index in [-0.39, 0.29) is 6.09 Å². The molecule has 0 spiro atoms. The van der Waals surface area contributed by atoms with Crippen LogP contribution in [0.25, 0.3) is 0 Å². The number of aromatic nitrogens is 2. The summed E-state index contributed by atoms with van der Waals surface area (Å²) in [5.41, 5.74) is 2.14. The van der Waals surface area contributed by atoms with Crippen LogP contribution in [0.5, 0.6) is 0 Å². The minimum Gasteiger partial charge on any atom is -0.450 e. The van der Waals surface area contributed by atoms with Crippen molar-refractivity contribution in [1.29, 1.82) is 0 Å². The smallest absolute Gasteiger partial charge is 0.409 e. The van der Waals surface area contributed by atoms with E-state index < -0.39 is 0 Å². The van der Waals surface area contributed by atoms with Gasteiger partial charge in [0.1, 0.15) is 5.82 Å². The molecule has 0 unspecified atom stereocenters. The van der Waals surface area contributed by atoms with Crippen LogP contribution in [0.15, 0.2) is 36.5 Å². The first kappa shape index (κ1) is 17.0. The van der Waals surface area contributed by atoms with Crippen LogP contribution in [0.1, 0.15) is 12.5 Å². The molecule has 1 aromatic heterocycles. The van der Waals surface area contributed by atoms with Crippen molar-refractivity contribution in [3.05, 3.63) is 42.1 Å². The van der Waals surface area contributed by atoms with Crippen LogP contribution in [0.4, 0.5) is 22.2 Å². The highest BCUT2D eigenvalue weighted by Crippen LogP contribution is 2.18. The number of rotatable bonds is 4. The fraction of sp³-hybridized carbons (Fsp3) is 0.389. The van der Waals surface area contributed by atoms with Crippen molar-refractivity contribution in [2.45, 2.75) is 13.8 Å². The van der Waals surface area contributed by atoms with Crippen molar-refractivity contribution in [2.75, 3.05) is 43.0 Å². The number of anilines is 3. The Hall–Kier alpha value is -2.83. The van der Waals surface area contributed by atoms with E-state index in [0.717, 1.165) is 24.6 Å². The first-order chi connectivity index (χ1) is 12.2. The molecule has 1 aliphatic heterocycles. The Balaban J connectivity index is 1.63. The van der Waals surface area contributed by atoms with Crippen LogP contribution in [0.3, 0.4) is 0 Å². The minimum atomic E-state index is -0.244. The molecule has 1 N–H and O–H groups in total. The van der Waals surface area contributed by atoms with Crippen LogP contribution < -0.4 is 10.2 Å². The summed E-state index contributed by atoms with van der Waals surface area (Å²) in [6, 6.07) is 9.97. The molecule has 0 radical (unpaired) electrons. The Morgan fingerprint density at radius 2 is 2.04 bits per heavy atom. The molecule has 0 bridgehead atoms. The van der Waals surface area contributed by atoms with Gasteiger partial charge in [-0.05, 0) is 37.6 Å². The average molecular weight is 341 g/mol. The van der Waals surface area contributed by atoms with E-state index in [1.165, 1.54) is 5.56 Å². The van der Waals surface area contributed by atoms with Crippen LogP contribution in [0, 0.1) is 6.92 Å². The molecule has 0 aliphatic carbocycles. The van der Waals surface area contributed by atoms with Crippen molar-refractivity contribution in [3.63, 3.8) is 0 Å². The summed E-state index contributed by atoms with van der Waals surface area (Å²) < 4.78 is 5.05. The quantitative estimate of drug-likeness (QED) is 0.922. The number of aryl methyl sites for hydroxylation is 1. The zero-order valence-electron chi connectivity index (χ0n) is 14.6. The van der Waals surface area contributed by atoms with Gasteiger partial charge < -0.3 is 19.9 Å². The third-order valence-electron chi connectivity index (χ3n) is 4.04. The summed E-state index contributed by atoms with van der Waals surface area (Å²) in [4.78, 5) is 24.5. The molecule has 0 atom stereocenters. The van der Waals surface area contributed by atoms with Gasteiger partial charge in [-0.25, -0.2) is 9.78 Å². The summed E-state index contributed by atoms with van der Waals surface area (Å²) >= 11 is 0. The Kier molecular flexibility index (Phi) is 5.33. The molecular formula is C18H23N5O2. The maximum Gasteiger partial charge on any atom is 0.409 e. The number of carbonyl (C=O) groups is 1. The van der Waals surface area contributed by atoms with Crippen molar-refractivity contribution in [3.8, 4) is 0 Å². The zero-order valence-corrected chi connectivity index (χ0v) is 14.6. The molecule has 1 aliphatic rings. The first-order valence-corrected chi connectivity index (χ1v) is 8.49. The molecule has 132 valence electrons. The Morgan fingerprint density at radius 1 is 1.24 bits per heavy atom. The lowest BCUT2D eigenvalue weighted by Crippen LogP contribution is -2.49. The fourth-order valence-electron chi connectivity index (χ4n) is 2.77. The molecule has 0 saturated carbocycles. The second-order valence-electron chi connectivity index (χ2n) is 5.91. The molecule has 1 aromatic carbocycles. The van der Waals surface area contributed by atoms with Crippen LogP contribution in [-0.4, -0.2) is 53.7 Å². The van der Waals surface area contributed by atoms with Crippen molar-refractivity contribution in [1.82, 2.24) is 14.9 Å². The van der Waals surface area contributed by atoms with E-state index in [9.17, 15) is 4.79 Å². The van der Waals surface area contributed by atoms with E-state index in [1.807, 2.05) is 44.2 Å². The number of benzene rings is 1. The summed E-state index contributed by atoms with van der Waals surface area (Å²) in [5, 5.41) is 3.23. The van der Waals surface area contributed by atoms with Crippen molar-refractivity contribution < 1.29 is 9.53 Å². The highest BCUT2D eigenvalue weighted by atomic mass is 16.6. The highest BCUT2D eigenvalue weighted by Gasteiger charge is 2.22. The molecular weight excluding hydrogens is 318 g/mol. The zero-order chi connectivity index (χ0) is 17.6. The Bertz CT molecular complexity index is 729. The Morgan fingerprint density at radius 3 is 2.76 bits per heavy atom. The second-order valence-corrected chi connectivity index (χ2v) is 5.91.